The summed E-state index contributed by atoms with van der Waals surface area (Å²) in [4.78, 5) is 93.9. The summed E-state index contributed by atoms with van der Waals surface area (Å²) in [6.45, 7) is 11.9. The van der Waals surface area contributed by atoms with E-state index in [1.807, 2.05) is 27.7 Å². The summed E-state index contributed by atoms with van der Waals surface area (Å²) in [5.74, 6) is -5.00. The fourth-order valence-electron chi connectivity index (χ4n) is 5.93. The second kappa shape index (κ2) is 19.1. The largest absolute Gasteiger partial charge is 0.444 e. The van der Waals surface area contributed by atoms with Crippen molar-refractivity contribution in [1.82, 2.24) is 26.2 Å². The molecule has 3 rings (SSSR count). The number of primary amides is 1. The Balaban J connectivity index is 1.81. The van der Waals surface area contributed by atoms with Crippen molar-refractivity contribution in [3.8, 4) is 0 Å². The number of alkyl carbamates (subject to hydrolysis) is 1. The summed E-state index contributed by atoms with van der Waals surface area (Å²) < 4.78 is 11.6. The Hall–Kier alpha value is -5.31. The lowest BCUT2D eigenvalue weighted by Crippen LogP contribution is -2.55. The smallest absolute Gasteiger partial charge is 0.408 e. The van der Waals surface area contributed by atoms with Crippen molar-refractivity contribution in [3.05, 3.63) is 71.8 Å². The number of amides is 6. The summed E-state index contributed by atoms with van der Waals surface area (Å²) in [6, 6.07) is 12.0. The molecule has 6 N–H and O–H groups in total. The highest BCUT2D eigenvalue weighted by molar-refractivity contribution is 6.38. The minimum Gasteiger partial charge on any atom is -0.444 e. The lowest BCUT2D eigenvalue weighted by atomic mass is 10.0. The highest BCUT2D eigenvalue weighted by Gasteiger charge is 2.45. The maximum atomic E-state index is 14.4. The molecule has 294 valence electrons. The Labute approximate surface area is 316 Å². The maximum absolute atomic E-state index is 14.4. The summed E-state index contributed by atoms with van der Waals surface area (Å²) in [7, 11) is 0. The zero-order chi connectivity index (χ0) is 40.2. The van der Waals surface area contributed by atoms with E-state index in [9.17, 15) is 33.6 Å². The van der Waals surface area contributed by atoms with Crippen LogP contribution in [0.3, 0.4) is 0 Å². The fraction of sp³-hybridized carbons (Fsp3) is 0.513. The van der Waals surface area contributed by atoms with E-state index in [4.69, 9.17) is 15.2 Å². The molecule has 15 heteroatoms. The molecule has 1 unspecified atom stereocenters. The van der Waals surface area contributed by atoms with Crippen molar-refractivity contribution in [2.45, 2.75) is 116 Å². The highest BCUT2D eigenvalue weighted by atomic mass is 16.6. The van der Waals surface area contributed by atoms with E-state index in [0.717, 1.165) is 0 Å². The average Bonchev–Trinajstić information content (AvgIpc) is 3.52. The lowest BCUT2D eigenvalue weighted by Gasteiger charge is -2.30. The van der Waals surface area contributed by atoms with Gasteiger partial charge in [-0.1, -0.05) is 80.4 Å². The Morgan fingerprint density at radius 3 is 1.91 bits per heavy atom. The van der Waals surface area contributed by atoms with E-state index >= 15 is 0 Å². The molecule has 54 heavy (non-hydrogen) atoms. The van der Waals surface area contributed by atoms with E-state index in [1.54, 1.807) is 81.4 Å². The number of nitrogens with two attached hydrogens (primary N) is 1. The molecule has 0 aromatic heterocycles. The van der Waals surface area contributed by atoms with Crippen LogP contribution < -0.4 is 27.0 Å². The minimum atomic E-state index is -1.28. The second-order valence-electron chi connectivity index (χ2n) is 15.1. The number of nitrogens with one attached hydrogen (secondary N) is 4. The Kier molecular flexibility index (Phi) is 15.3. The van der Waals surface area contributed by atoms with Crippen LogP contribution in [-0.4, -0.2) is 88.8 Å². The molecule has 0 spiro atoms. The number of hydrogen-bond acceptors (Lipinski definition) is 9. The summed E-state index contributed by atoms with van der Waals surface area (Å²) >= 11 is 0. The van der Waals surface area contributed by atoms with Crippen LogP contribution in [0.2, 0.25) is 0 Å². The highest BCUT2D eigenvalue weighted by Crippen LogP contribution is 2.29. The third-order valence-corrected chi connectivity index (χ3v) is 8.24. The number of hydrogen-bond donors (Lipinski definition) is 5. The summed E-state index contributed by atoms with van der Waals surface area (Å²) in [6.07, 6.45) is -0.111. The van der Waals surface area contributed by atoms with Gasteiger partial charge in [-0.3, -0.25) is 28.8 Å². The van der Waals surface area contributed by atoms with Crippen molar-refractivity contribution in [1.29, 1.82) is 0 Å². The van der Waals surface area contributed by atoms with E-state index in [2.05, 4.69) is 21.3 Å². The quantitative estimate of drug-likeness (QED) is 0.159. The van der Waals surface area contributed by atoms with Gasteiger partial charge >= 0.3 is 6.09 Å². The van der Waals surface area contributed by atoms with E-state index < -0.39 is 89.4 Å². The van der Waals surface area contributed by atoms with Gasteiger partial charge in [-0.25, -0.2) is 4.79 Å². The Morgan fingerprint density at radius 1 is 0.815 bits per heavy atom. The van der Waals surface area contributed by atoms with Gasteiger partial charge in [-0.05, 0) is 59.1 Å². The van der Waals surface area contributed by atoms with Gasteiger partial charge in [-0.15, -0.1) is 0 Å². The second-order valence-corrected chi connectivity index (χ2v) is 15.1. The van der Waals surface area contributed by atoms with Crippen LogP contribution in [0.4, 0.5) is 4.79 Å². The van der Waals surface area contributed by atoms with Crippen LogP contribution in [0, 0.1) is 0 Å². The monoisotopic (exact) mass is 750 g/mol. The maximum Gasteiger partial charge on any atom is 0.408 e. The SMILES string of the molecule is CCCCC(NC(=O)[C@@H]1C[C@@H](OC(C)(C)C)CN1C(=O)[C@@H](NC(=O)OC(C)(C)C)c1ccccc1)C(=O)C(=O)NCC(=O)N[C@H](C(N)=O)c1ccccc1. The molecule has 1 aliphatic rings. The summed E-state index contributed by atoms with van der Waals surface area (Å²) in [5, 5.41) is 10.0. The topological polar surface area (TPSA) is 215 Å². The zero-order valence-electron chi connectivity index (χ0n) is 32.1. The van der Waals surface area contributed by atoms with Crippen molar-refractivity contribution >= 4 is 41.4 Å². The minimum absolute atomic E-state index is 0.00592. The lowest BCUT2D eigenvalue weighted by molar-refractivity contribution is -0.143. The molecule has 1 saturated heterocycles. The van der Waals surface area contributed by atoms with Gasteiger partial charge in [0.2, 0.25) is 23.5 Å². The van der Waals surface area contributed by atoms with Crippen LogP contribution in [-0.2, 0) is 38.2 Å². The molecule has 0 saturated carbocycles. The molecule has 0 bridgehead atoms. The van der Waals surface area contributed by atoms with Gasteiger partial charge in [0.05, 0.1) is 24.3 Å². The molecule has 6 amide bonds. The first-order valence-electron chi connectivity index (χ1n) is 18.1. The van der Waals surface area contributed by atoms with E-state index in [1.165, 1.54) is 4.90 Å². The van der Waals surface area contributed by atoms with Crippen LogP contribution in [0.5, 0.6) is 0 Å². The van der Waals surface area contributed by atoms with E-state index in [-0.39, 0.29) is 19.4 Å². The third-order valence-electron chi connectivity index (χ3n) is 8.24. The number of carbonyl (C=O) groups is 7. The number of carbonyl (C=O) groups excluding carboxylic acids is 7. The van der Waals surface area contributed by atoms with Crippen LogP contribution >= 0.6 is 0 Å². The molecule has 2 aromatic carbocycles. The van der Waals surface area contributed by atoms with Crippen LogP contribution in [0.1, 0.15) is 97.4 Å². The predicted octanol–water partition coefficient (Wildman–Crippen LogP) is 2.74. The molecule has 0 aliphatic carbocycles. The number of unbranched alkanes of at least 4 members (excludes halogenated alkanes) is 1. The number of likely N-dealkylation sites (tertiary alicyclic amines) is 1. The molecule has 1 aliphatic heterocycles. The zero-order valence-corrected chi connectivity index (χ0v) is 32.1. The molecule has 15 nitrogen and oxygen atoms in total. The van der Waals surface area contributed by atoms with Crippen molar-refractivity contribution < 1.29 is 43.0 Å². The van der Waals surface area contributed by atoms with Gasteiger partial charge in [0.1, 0.15) is 23.7 Å². The summed E-state index contributed by atoms with van der Waals surface area (Å²) in [5.41, 5.74) is 4.89. The standard InChI is InChI=1S/C39H54N6O9/c1-8-9-20-27(32(47)35(50)41-22-29(46)43-30(33(40)48)24-16-12-10-13-17-24)42-34(49)28-21-26(53-38(2,3)4)23-45(28)36(51)31(25-18-14-11-15-19-25)44-37(52)54-39(5,6)7/h10-19,26-28,30-31H,8-9,20-23H2,1-7H3,(H2,40,48)(H,41,50)(H,42,49)(H,43,46)(H,44,52)/t26-,27?,28+,30+,31+/m1/s1. The average molecular weight is 751 g/mol. The Morgan fingerprint density at radius 2 is 1.39 bits per heavy atom. The number of Topliss-reactive ketones (excluding diaryl/α,β-unsaturated/α-hetero) is 1. The number of rotatable bonds is 16. The van der Waals surface area contributed by atoms with Gasteiger partial charge in [-0.2, -0.15) is 0 Å². The van der Waals surface area contributed by atoms with Gasteiger partial charge < -0.3 is 41.4 Å². The van der Waals surface area contributed by atoms with Crippen molar-refractivity contribution in [3.63, 3.8) is 0 Å². The fourth-order valence-corrected chi connectivity index (χ4v) is 5.93. The molecule has 0 radical (unpaired) electrons. The molecule has 1 heterocycles. The van der Waals surface area contributed by atoms with Gasteiger partial charge in [0, 0.05) is 13.0 Å². The normalized spacial score (nSPS) is 17.4. The molecule has 2 aromatic rings. The van der Waals surface area contributed by atoms with Crippen molar-refractivity contribution in [2.24, 2.45) is 5.73 Å². The van der Waals surface area contributed by atoms with Crippen molar-refractivity contribution in [2.75, 3.05) is 13.1 Å². The van der Waals surface area contributed by atoms with Gasteiger partial charge in [0.15, 0.2) is 0 Å². The molecule has 5 atom stereocenters. The van der Waals surface area contributed by atoms with E-state index in [0.29, 0.717) is 24.0 Å². The first-order valence-corrected chi connectivity index (χ1v) is 18.1. The number of benzene rings is 2. The third kappa shape index (κ3) is 13.3. The molecular formula is C39H54N6O9. The predicted molar refractivity (Wildman–Crippen MR) is 199 cm³/mol. The first-order chi connectivity index (χ1) is 25.3. The Bertz CT molecular complexity index is 1640. The van der Waals surface area contributed by atoms with Crippen LogP contribution in [0.25, 0.3) is 0 Å². The molecule has 1 fully saturated rings. The van der Waals surface area contributed by atoms with Crippen LogP contribution in [0.15, 0.2) is 60.7 Å². The molecular weight excluding hydrogens is 696 g/mol. The number of ketones is 1. The number of ether oxygens (including phenoxy) is 2. The van der Waals surface area contributed by atoms with Gasteiger partial charge in [0.25, 0.3) is 11.8 Å². The number of nitrogens with zero attached hydrogens (tertiary/aromatic N) is 1. The first kappa shape index (κ1) is 43.1.